The fourth-order valence-electron chi connectivity index (χ4n) is 2.09. The number of rotatable bonds is 0. The van der Waals surface area contributed by atoms with Crippen LogP contribution in [0.5, 0.6) is 0 Å². The van der Waals surface area contributed by atoms with Crippen LogP contribution in [-0.4, -0.2) is 10.3 Å². The summed E-state index contributed by atoms with van der Waals surface area (Å²) in [5, 5.41) is 4.60. The lowest BCUT2D eigenvalue weighted by Crippen LogP contribution is -1.93. The average molecular weight is 267 g/mol. The monoisotopic (exact) mass is 266 g/mol. The van der Waals surface area contributed by atoms with Crippen LogP contribution in [0.15, 0.2) is 9.52 Å². The average Bonchev–Trinajstić information content (AvgIpc) is 2.73. The predicted molar refractivity (Wildman–Crippen MR) is 70.1 cm³/mol. The molecule has 0 unspecified atom stereocenters. The SMILES string of the molecule is Cc1noc2c1-c1sc(C)c(C)c1C(Cl)=NC2. The van der Waals surface area contributed by atoms with Crippen molar-refractivity contribution in [3.05, 3.63) is 27.5 Å². The van der Waals surface area contributed by atoms with Gasteiger partial charge in [-0.25, -0.2) is 0 Å². The maximum Gasteiger partial charge on any atom is 0.167 e. The van der Waals surface area contributed by atoms with E-state index in [4.69, 9.17) is 16.1 Å². The van der Waals surface area contributed by atoms with Crippen molar-refractivity contribution in [3.8, 4) is 10.4 Å². The summed E-state index contributed by atoms with van der Waals surface area (Å²) in [6.45, 7) is 6.60. The number of aliphatic imine (C=N–C) groups is 1. The summed E-state index contributed by atoms with van der Waals surface area (Å²) in [7, 11) is 0. The Labute approximate surface area is 108 Å². The van der Waals surface area contributed by atoms with Gasteiger partial charge in [-0.3, -0.25) is 4.99 Å². The Balaban J connectivity index is 2.40. The fourth-order valence-corrected chi connectivity index (χ4v) is 3.72. The van der Waals surface area contributed by atoms with Gasteiger partial charge in [0.05, 0.1) is 16.1 Å². The molecule has 0 spiro atoms. The van der Waals surface area contributed by atoms with Crippen LogP contribution in [0.25, 0.3) is 10.4 Å². The van der Waals surface area contributed by atoms with Crippen LogP contribution in [0.1, 0.15) is 27.5 Å². The van der Waals surface area contributed by atoms with Crippen molar-refractivity contribution >= 4 is 28.1 Å². The molecular weight excluding hydrogens is 256 g/mol. The molecule has 1 aliphatic heterocycles. The van der Waals surface area contributed by atoms with Crippen LogP contribution >= 0.6 is 22.9 Å². The van der Waals surface area contributed by atoms with Gasteiger partial charge in [0.25, 0.3) is 0 Å². The van der Waals surface area contributed by atoms with Gasteiger partial charge >= 0.3 is 0 Å². The van der Waals surface area contributed by atoms with E-state index in [0.29, 0.717) is 11.7 Å². The molecule has 0 radical (unpaired) electrons. The zero-order valence-electron chi connectivity index (χ0n) is 9.80. The largest absolute Gasteiger partial charge is 0.358 e. The highest BCUT2D eigenvalue weighted by molar-refractivity contribution is 7.16. The molecular formula is C12H11ClN2OS. The summed E-state index contributed by atoms with van der Waals surface area (Å²) < 4.78 is 5.31. The van der Waals surface area contributed by atoms with Crippen LogP contribution in [0.4, 0.5) is 0 Å². The highest BCUT2D eigenvalue weighted by Crippen LogP contribution is 2.42. The third-order valence-corrected chi connectivity index (χ3v) is 4.65. The lowest BCUT2D eigenvalue weighted by Gasteiger charge is -1.99. The summed E-state index contributed by atoms with van der Waals surface area (Å²) in [6.07, 6.45) is 0. The minimum absolute atomic E-state index is 0.467. The Bertz CT molecular complexity index is 639. The van der Waals surface area contributed by atoms with Crippen molar-refractivity contribution < 1.29 is 4.52 Å². The molecule has 0 N–H and O–H groups in total. The number of fused-ring (bicyclic) bond motifs is 3. The van der Waals surface area contributed by atoms with Crippen LogP contribution in [-0.2, 0) is 6.54 Å². The number of aryl methyl sites for hydroxylation is 2. The zero-order valence-corrected chi connectivity index (χ0v) is 11.4. The van der Waals surface area contributed by atoms with Gasteiger partial charge in [0.1, 0.15) is 11.7 Å². The smallest absolute Gasteiger partial charge is 0.167 e. The highest BCUT2D eigenvalue weighted by atomic mass is 35.5. The van der Waals surface area contributed by atoms with Crippen molar-refractivity contribution in [3.63, 3.8) is 0 Å². The molecule has 0 amide bonds. The number of hydrogen-bond acceptors (Lipinski definition) is 4. The van der Waals surface area contributed by atoms with Crippen molar-refractivity contribution in [1.29, 1.82) is 0 Å². The van der Waals surface area contributed by atoms with Gasteiger partial charge in [0, 0.05) is 10.4 Å². The van der Waals surface area contributed by atoms with Crippen LogP contribution < -0.4 is 0 Å². The molecule has 5 heteroatoms. The molecule has 0 saturated carbocycles. The quantitative estimate of drug-likeness (QED) is 0.727. The molecule has 17 heavy (non-hydrogen) atoms. The standard InChI is InChI=1S/C12H11ClN2OS/c1-5-7(3)17-11-9(5)12(13)14-4-8-10(11)6(2)15-16-8/h4H2,1-3H3. The minimum Gasteiger partial charge on any atom is -0.358 e. The molecule has 0 bridgehead atoms. The Kier molecular flexibility index (Phi) is 2.38. The molecule has 0 atom stereocenters. The van der Waals surface area contributed by atoms with Gasteiger partial charge < -0.3 is 4.52 Å². The van der Waals surface area contributed by atoms with E-state index in [1.54, 1.807) is 11.3 Å². The van der Waals surface area contributed by atoms with Gasteiger partial charge in [-0.1, -0.05) is 16.8 Å². The summed E-state index contributed by atoms with van der Waals surface area (Å²) in [6, 6.07) is 0. The minimum atomic E-state index is 0.467. The molecule has 0 aliphatic carbocycles. The molecule has 88 valence electrons. The first kappa shape index (κ1) is 11.0. The van der Waals surface area contributed by atoms with Crippen LogP contribution in [0.2, 0.25) is 0 Å². The first-order valence-corrected chi connectivity index (χ1v) is 6.55. The molecule has 3 nitrogen and oxygen atoms in total. The van der Waals surface area contributed by atoms with E-state index in [1.807, 2.05) is 6.92 Å². The Morgan fingerprint density at radius 1 is 1.24 bits per heavy atom. The Morgan fingerprint density at radius 3 is 2.76 bits per heavy atom. The lowest BCUT2D eigenvalue weighted by molar-refractivity contribution is 0.382. The second kappa shape index (κ2) is 3.68. The molecule has 0 aromatic carbocycles. The Morgan fingerprint density at radius 2 is 2.00 bits per heavy atom. The van der Waals surface area contributed by atoms with Gasteiger partial charge in [-0.05, 0) is 26.3 Å². The van der Waals surface area contributed by atoms with E-state index >= 15 is 0 Å². The van der Waals surface area contributed by atoms with Crippen LogP contribution in [0.3, 0.4) is 0 Å². The normalized spacial score (nSPS) is 14.0. The second-order valence-corrected chi connectivity index (χ2v) is 5.74. The van der Waals surface area contributed by atoms with E-state index in [9.17, 15) is 0 Å². The number of nitrogens with zero attached hydrogens (tertiary/aromatic N) is 2. The third kappa shape index (κ3) is 1.47. The molecule has 0 fully saturated rings. The summed E-state index contributed by atoms with van der Waals surface area (Å²) in [4.78, 5) is 6.75. The molecule has 3 heterocycles. The summed E-state index contributed by atoms with van der Waals surface area (Å²) in [5.41, 5.74) is 4.22. The zero-order chi connectivity index (χ0) is 12.2. The maximum absolute atomic E-state index is 6.26. The first-order valence-electron chi connectivity index (χ1n) is 5.35. The molecule has 1 aliphatic rings. The highest BCUT2D eigenvalue weighted by Gasteiger charge is 2.26. The predicted octanol–water partition coefficient (Wildman–Crippen LogP) is 3.83. The number of thiophene rings is 1. The van der Waals surface area contributed by atoms with Crippen molar-refractivity contribution in [2.24, 2.45) is 4.99 Å². The molecule has 2 aromatic heterocycles. The second-order valence-electron chi connectivity index (χ2n) is 4.16. The van der Waals surface area contributed by atoms with E-state index in [1.165, 1.54) is 10.4 Å². The number of hydrogen-bond donors (Lipinski definition) is 0. The van der Waals surface area contributed by atoms with E-state index in [0.717, 1.165) is 27.5 Å². The van der Waals surface area contributed by atoms with Crippen molar-refractivity contribution in [2.75, 3.05) is 0 Å². The van der Waals surface area contributed by atoms with E-state index in [2.05, 4.69) is 24.0 Å². The van der Waals surface area contributed by atoms with Gasteiger partial charge in [-0.2, -0.15) is 0 Å². The topological polar surface area (TPSA) is 38.4 Å². The van der Waals surface area contributed by atoms with E-state index in [-0.39, 0.29) is 0 Å². The molecule has 0 saturated heterocycles. The lowest BCUT2D eigenvalue weighted by atomic mass is 10.1. The van der Waals surface area contributed by atoms with Gasteiger partial charge in [0.2, 0.25) is 0 Å². The van der Waals surface area contributed by atoms with Crippen LogP contribution in [0, 0.1) is 20.8 Å². The van der Waals surface area contributed by atoms with E-state index < -0.39 is 0 Å². The molecule has 2 aromatic rings. The van der Waals surface area contributed by atoms with Gasteiger partial charge in [0.15, 0.2) is 5.76 Å². The number of halogens is 1. The molecule has 3 rings (SSSR count). The maximum atomic E-state index is 6.26. The van der Waals surface area contributed by atoms with Crippen molar-refractivity contribution in [2.45, 2.75) is 27.3 Å². The number of aromatic nitrogens is 1. The Hall–Kier alpha value is -1.13. The first-order chi connectivity index (χ1) is 8.09. The van der Waals surface area contributed by atoms with Crippen molar-refractivity contribution in [1.82, 2.24) is 5.16 Å². The summed E-state index contributed by atoms with van der Waals surface area (Å²) >= 11 is 7.99. The third-order valence-electron chi connectivity index (χ3n) is 3.11. The fraction of sp³-hybridized carbons (Fsp3) is 0.333. The van der Waals surface area contributed by atoms with Gasteiger partial charge in [-0.15, -0.1) is 11.3 Å². The summed E-state index contributed by atoms with van der Waals surface area (Å²) in [5.74, 6) is 0.806.